The molecule has 0 saturated carbocycles. The first-order chi connectivity index (χ1) is 9.11. The average Bonchev–Trinajstić information content (AvgIpc) is 2.78. The fourth-order valence-corrected chi connectivity index (χ4v) is 2.19. The summed E-state index contributed by atoms with van der Waals surface area (Å²) >= 11 is 1.10. The van der Waals surface area contributed by atoms with E-state index in [4.69, 9.17) is 16.2 Å². The van der Waals surface area contributed by atoms with Crippen LogP contribution >= 0.6 is 11.5 Å². The van der Waals surface area contributed by atoms with Crippen molar-refractivity contribution in [3.8, 4) is 5.88 Å². The first-order valence-corrected chi connectivity index (χ1v) is 6.17. The Bertz CT molecular complexity index is 581. The third kappa shape index (κ3) is 2.91. The number of anilines is 2. The van der Waals surface area contributed by atoms with Gasteiger partial charge in [-0.3, -0.25) is 4.79 Å². The van der Waals surface area contributed by atoms with Crippen LogP contribution in [0.1, 0.15) is 15.9 Å². The van der Waals surface area contributed by atoms with E-state index >= 15 is 0 Å². The van der Waals surface area contributed by atoms with E-state index in [-0.39, 0.29) is 11.4 Å². The fourth-order valence-electron chi connectivity index (χ4n) is 1.48. The highest BCUT2D eigenvalue weighted by atomic mass is 32.1. The van der Waals surface area contributed by atoms with Crippen molar-refractivity contribution in [3.63, 3.8) is 0 Å². The zero-order chi connectivity index (χ0) is 13.8. The minimum Gasteiger partial charge on any atom is -0.481 e. The molecule has 19 heavy (non-hydrogen) atoms. The van der Waals surface area contributed by atoms with Gasteiger partial charge in [-0.05, 0) is 17.1 Å². The molecule has 0 aromatic carbocycles. The molecule has 2 heterocycles. The van der Waals surface area contributed by atoms with Crippen molar-refractivity contribution in [3.05, 3.63) is 29.5 Å². The van der Waals surface area contributed by atoms with Crippen LogP contribution in [0.5, 0.6) is 5.88 Å². The number of pyridine rings is 1. The van der Waals surface area contributed by atoms with Gasteiger partial charge in [-0.1, -0.05) is 6.07 Å². The summed E-state index contributed by atoms with van der Waals surface area (Å²) in [5, 5.41) is 3.62. The maximum absolute atomic E-state index is 11.2. The van der Waals surface area contributed by atoms with Gasteiger partial charge in [-0.15, -0.1) is 0 Å². The summed E-state index contributed by atoms with van der Waals surface area (Å²) < 4.78 is 8.87. The first-order valence-electron chi connectivity index (χ1n) is 5.39. The molecular formula is C11H13N5O2S. The largest absolute Gasteiger partial charge is 0.481 e. The maximum Gasteiger partial charge on any atom is 0.255 e. The lowest BCUT2D eigenvalue weighted by molar-refractivity contribution is 0.100. The standard InChI is InChI=1S/C11H13N5O2S/c1-18-7-3-2-6(4-14-7)5-15-11-8(10(13)17)9(12)16-19-11/h2-4,15H,5H2,1H3,(H2,12,16)(H2,13,17). The molecule has 100 valence electrons. The topological polar surface area (TPSA) is 116 Å². The number of ether oxygens (including phenoxy) is 1. The van der Waals surface area contributed by atoms with Crippen LogP contribution in [0.3, 0.4) is 0 Å². The van der Waals surface area contributed by atoms with E-state index in [1.165, 1.54) is 0 Å². The van der Waals surface area contributed by atoms with Gasteiger partial charge in [0.15, 0.2) is 5.82 Å². The van der Waals surface area contributed by atoms with Crippen molar-refractivity contribution >= 4 is 28.3 Å². The molecule has 0 atom stereocenters. The van der Waals surface area contributed by atoms with Crippen LogP contribution in [0.25, 0.3) is 0 Å². The Kier molecular flexibility index (Phi) is 3.81. The lowest BCUT2D eigenvalue weighted by atomic mass is 10.2. The van der Waals surface area contributed by atoms with E-state index in [2.05, 4.69) is 14.7 Å². The minimum atomic E-state index is -0.596. The number of amides is 1. The summed E-state index contributed by atoms with van der Waals surface area (Å²) in [6.07, 6.45) is 1.68. The molecule has 0 aliphatic carbocycles. The van der Waals surface area contributed by atoms with Crippen molar-refractivity contribution in [2.24, 2.45) is 5.73 Å². The number of carbonyl (C=O) groups excluding carboxylic acids is 1. The number of hydrogen-bond acceptors (Lipinski definition) is 7. The van der Waals surface area contributed by atoms with Crippen LogP contribution in [0.2, 0.25) is 0 Å². The number of carbonyl (C=O) groups is 1. The summed E-state index contributed by atoms with van der Waals surface area (Å²) in [7, 11) is 1.56. The lowest BCUT2D eigenvalue weighted by Gasteiger charge is -2.05. The number of nitrogens with one attached hydrogen (secondary N) is 1. The Balaban J connectivity index is 2.08. The second-order valence-electron chi connectivity index (χ2n) is 3.70. The predicted octanol–water partition coefficient (Wildman–Crippen LogP) is 0.840. The molecule has 0 saturated heterocycles. The Morgan fingerprint density at radius 2 is 2.32 bits per heavy atom. The highest BCUT2D eigenvalue weighted by Crippen LogP contribution is 2.26. The number of primary amides is 1. The third-order valence-corrected chi connectivity index (χ3v) is 3.24. The number of nitrogens with two attached hydrogens (primary N) is 2. The predicted molar refractivity (Wildman–Crippen MR) is 73.2 cm³/mol. The normalized spacial score (nSPS) is 10.2. The Morgan fingerprint density at radius 3 is 2.89 bits per heavy atom. The van der Waals surface area contributed by atoms with E-state index in [0.717, 1.165) is 17.1 Å². The number of methoxy groups -OCH3 is 1. The van der Waals surface area contributed by atoms with Gasteiger partial charge in [0.25, 0.3) is 5.91 Å². The number of nitrogens with zero attached hydrogens (tertiary/aromatic N) is 2. The number of hydrogen-bond donors (Lipinski definition) is 3. The van der Waals surface area contributed by atoms with Crippen LogP contribution in [0.15, 0.2) is 18.3 Å². The molecule has 7 nitrogen and oxygen atoms in total. The molecule has 1 amide bonds. The second-order valence-corrected chi connectivity index (χ2v) is 4.47. The van der Waals surface area contributed by atoms with Gasteiger partial charge in [-0.2, -0.15) is 4.37 Å². The van der Waals surface area contributed by atoms with Crippen molar-refractivity contribution < 1.29 is 9.53 Å². The van der Waals surface area contributed by atoms with E-state index in [1.807, 2.05) is 6.07 Å². The summed E-state index contributed by atoms with van der Waals surface area (Å²) in [6, 6.07) is 3.63. The summed E-state index contributed by atoms with van der Waals surface area (Å²) in [6.45, 7) is 0.485. The maximum atomic E-state index is 11.2. The van der Waals surface area contributed by atoms with Crippen LogP contribution < -0.4 is 21.5 Å². The molecule has 2 rings (SSSR count). The molecule has 0 radical (unpaired) electrons. The molecule has 0 bridgehead atoms. The molecule has 0 unspecified atom stereocenters. The Morgan fingerprint density at radius 1 is 1.53 bits per heavy atom. The molecular weight excluding hydrogens is 266 g/mol. The molecule has 5 N–H and O–H groups in total. The summed E-state index contributed by atoms with van der Waals surface area (Å²) in [5.41, 5.74) is 12.0. The van der Waals surface area contributed by atoms with Crippen LogP contribution in [0.4, 0.5) is 10.8 Å². The van der Waals surface area contributed by atoms with E-state index < -0.39 is 5.91 Å². The summed E-state index contributed by atoms with van der Waals surface area (Å²) in [5.74, 6) is 0.0954. The summed E-state index contributed by atoms with van der Waals surface area (Å²) in [4.78, 5) is 15.3. The van der Waals surface area contributed by atoms with Gasteiger partial charge in [0.2, 0.25) is 5.88 Å². The van der Waals surface area contributed by atoms with Crippen LogP contribution in [-0.4, -0.2) is 22.4 Å². The fraction of sp³-hybridized carbons (Fsp3) is 0.182. The number of aromatic nitrogens is 2. The van der Waals surface area contributed by atoms with E-state index in [0.29, 0.717) is 17.4 Å². The van der Waals surface area contributed by atoms with Gasteiger partial charge in [-0.25, -0.2) is 4.98 Å². The number of rotatable bonds is 5. The van der Waals surface area contributed by atoms with Crippen molar-refractivity contribution in [2.45, 2.75) is 6.54 Å². The molecule has 0 aliphatic rings. The molecule has 0 spiro atoms. The second kappa shape index (κ2) is 5.53. The van der Waals surface area contributed by atoms with E-state index in [9.17, 15) is 4.79 Å². The molecule has 2 aromatic heterocycles. The van der Waals surface area contributed by atoms with Gasteiger partial charge < -0.3 is 21.5 Å². The molecule has 2 aromatic rings. The quantitative estimate of drug-likeness (QED) is 0.746. The molecule has 8 heteroatoms. The lowest BCUT2D eigenvalue weighted by Crippen LogP contribution is -2.14. The molecule has 0 aliphatic heterocycles. The highest BCUT2D eigenvalue weighted by molar-refractivity contribution is 7.11. The van der Waals surface area contributed by atoms with Gasteiger partial charge in [0.1, 0.15) is 10.6 Å². The first kappa shape index (κ1) is 13.1. The van der Waals surface area contributed by atoms with Crippen LogP contribution in [0, 0.1) is 0 Å². The zero-order valence-corrected chi connectivity index (χ0v) is 11.0. The van der Waals surface area contributed by atoms with Crippen LogP contribution in [-0.2, 0) is 6.54 Å². The zero-order valence-electron chi connectivity index (χ0n) is 10.2. The molecule has 0 fully saturated rings. The number of nitrogen functional groups attached to an aromatic ring is 1. The van der Waals surface area contributed by atoms with Crippen molar-refractivity contribution in [2.75, 3.05) is 18.2 Å². The van der Waals surface area contributed by atoms with Gasteiger partial charge >= 0.3 is 0 Å². The SMILES string of the molecule is COc1ccc(CNc2snc(N)c2C(N)=O)cn1. The monoisotopic (exact) mass is 279 g/mol. The highest BCUT2D eigenvalue weighted by Gasteiger charge is 2.16. The van der Waals surface area contributed by atoms with Crippen molar-refractivity contribution in [1.29, 1.82) is 0 Å². The minimum absolute atomic E-state index is 0.146. The van der Waals surface area contributed by atoms with Gasteiger partial charge in [0.05, 0.1) is 7.11 Å². The van der Waals surface area contributed by atoms with Crippen molar-refractivity contribution in [1.82, 2.24) is 9.36 Å². The van der Waals surface area contributed by atoms with Gasteiger partial charge in [0, 0.05) is 18.8 Å². The Labute approximate surface area is 113 Å². The smallest absolute Gasteiger partial charge is 0.255 e. The Hall–Kier alpha value is -2.35. The van der Waals surface area contributed by atoms with E-state index in [1.54, 1.807) is 19.4 Å². The average molecular weight is 279 g/mol. The third-order valence-electron chi connectivity index (χ3n) is 2.42.